The summed E-state index contributed by atoms with van der Waals surface area (Å²) >= 11 is 0. The van der Waals surface area contributed by atoms with Gasteiger partial charge in [-0.3, -0.25) is 9.59 Å². The van der Waals surface area contributed by atoms with Crippen LogP contribution in [0.3, 0.4) is 0 Å². The smallest absolute Gasteiger partial charge is 0.268 e. The molecule has 1 atom stereocenters. The SMILES string of the molecule is Cc1ccn(C)c1C(=O)NC(C)c1ccc2c(c1)CCC(=O)N2. The van der Waals surface area contributed by atoms with Gasteiger partial charge in [-0.1, -0.05) is 12.1 Å². The number of benzene rings is 1. The molecule has 1 aliphatic heterocycles. The first-order valence-electron chi connectivity index (χ1n) is 7.81. The maximum atomic E-state index is 12.5. The summed E-state index contributed by atoms with van der Waals surface area (Å²) in [7, 11) is 1.87. The summed E-state index contributed by atoms with van der Waals surface area (Å²) in [6.45, 7) is 3.90. The Balaban J connectivity index is 1.77. The van der Waals surface area contributed by atoms with Crippen molar-refractivity contribution < 1.29 is 9.59 Å². The Hall–Kier alpha value is -2.56. The van der Waals surface area contributed by atoms with Gasteiger partial charge in [0.2, 0.25) is 5.91 Å². The molecule has 0 fully saturated rings. The van der Waals surface area contributed by atoms with Gasteiger partial charge in [0, 0.05) is 25.4 Å². The molecule has 0 radical (unpaired) electrons. The Kier molecular flexibility index (Phi) is 3.94. The standard InChI is InChI=1S/C18H21N3O2/c1-11-8-9-21(3)17(11)18(23)19-12(2)13-4-6-15-14(10-13)5-7-16(22)20-15/h4,6,8-10,12H,5,7H2,1-3H3,(H,19,23)(H,20,22). The van der Waals surface area contributed by atoms with E-state index in [0.717, 1.165) is 28.8 Å². The first-order valence-corrected chi connectivity index (χ1v) is 7.81. The largest absolute Gasteiger partial charge is 0.346 e. The fraction of sp³-hybridized carbons (Fsp3) is 0.333. The third-order valence-electron chi connectivity index (χ3n) is 4.36. The number of fused-ring (bicyclic) bond motifs is 1. The van der Waals surface area contributed by atoms with Crippen molar-refractivity contribution in [3.05, 3.63) is 52.8 Å². The molecule has 1 unspecified atom stereocenters. The zero-order valence-corrected chi connectivity index (χ0v) is 13.6. The van der Waals surface area contributed by atoms with Crippen molar-refractivity contribution in [2.75, 3.05) is 5.32 Å². The van der Waals surface area contributed by atoms with E-state index in [1.54, 1.807) is 0 Å². The molecule has 2 heterocycles. The topological polar surface area (TPSA) is 63.1 Å². The van der Waals surface area contributed by atoms with Crippen LogP contribution >= 0.6 is 0 Å². The Bertz CT molecular complexity index is 757. The molecule has 2 aromatic rings. The number of nitrogens with zero attached hydrogens (tertiary/aromatic N) is 1. The highest BCUT2D eigenvalue weighted by Crippen LogP contribution is 2.26. The van der Waals surface area contributed by atoms with Gasteiger partial charge in [0.1, 0.15) is 5.69 Å². The van der Waals surface area contributed by atoms with Crippen molar-refractivity contribution in [3.8, 4) is 0 Å². The van der Waals surface area contributed by atoms with Crippen LogP contribution in [0.15, 0.2) is 30.5 Å². The molecular formula is C18H21N3O2. The van der Waals surface area contributed by atoms with Crippen molar-refractivity contribution >= 4 is 17.5 Å². The van der Waals surface area contributed by atoms with Gasteiger partial charge in [-0.15, -0.1) is 0 Å². The number of carbonyl (C=O) groups excluding carboxylic acids is 2. The van der Waals surface area contributed by atoms with Crippen LogP contribution in [0.25, 0.3) is 0 Å². The van der Waals surface area contributed by atoms with E-state index in [0.29, 0.717) is 12.1 Å². The lowest BCUT2D eigenvalue weighted by molar-refractivity contribution is -0.116. The number of rotatable bonds is 3. The number of anilines is 1. The molecule has 120 valence electrons. The number of nitrogens with one attached hydrogen (secondary N) is 2. The highest BCUT2D eigenvalue weighted by atomic mass is 16.2. The minimum absolute atomic E-state index is 0.0609. The van der Waals surface area contributed by atoms with E-state index in [1.165, 1.54) is 0 Å². The molecule has 1 aliphatic rings. The molecule has 5 nitrogen and oxygen atoms in total. The van der Waals surface area contributed by atoms with Crippen molar-refractivity contribution in [1.29, 1.82) is 0 Å². The Morgan fingerprint density at radius 2 is 2.09 bits per heavy atom. The molecule has 1 aromatic carbocycles. The van der Waals surface area contributed by atoms with E-state index in [9.17, 15) is 9.59 Å². The monoisotopic (exact) mass is 311 g/mol. The molecular weight excluding hydrogens is 290 g/mol. The number of aromatic nitrogens is 1. The molecule has 0 aliphatic carbocycles. The fourth-order valence-corrected chi connectivity index (χ4v) is 3.02. The van der Waals surface area contributed by atoms with Gasteiger partial charge in [0.05, 0.1) is 6.04 Å². The predicted octanol–water partition coefficient (Wildman–Crippen LogP) is 2.71. The summed E-state index contributed by atoms with van der Waals surface area (Å²) in [6, 6.07) is 7.77. The van der Waals surface area contributed by atoms with Gasteiger partial charge in [0.25, 0.3) is 5.91 Å². The molecule has 3 rings (SSSR count). The first-order chi connectivity index (χ1) is 11.0. The van der Waals surface area contributed by atoms with Crippen LogP contribution < -0.4 is 10.6 Å². The van der Waals surface area contributed by atoms with E-state index < -0.39 is 0 Å². The van der Waals surface area contributed by atoms with Crippen molar-refractivity contribution in [3.63, 3.8) is 0 Å². The molecule has 1 aromatic heterocycles. The van der Waals surface area contributed by atoms with E-state index in [4.69, 9.17) is 0 Å². The van der Waals surface area contributed by atoms with E-state index in [1.807, 2.05) is 49.9 Å². The van der Waals surface area contributed by atoms with Crippen molar-refractivity contribution in [2.24, 2.45) is 7.05 Å². The minimum Gasteiger partial charge on any atom is -0.346 e. The Morgan fingerprint density at radius 1 is 1.30 bits per heavy atom. The maximum Gasteiger partial charge on any atom is 0.268 e. The minimum atomic E-state index is -0.0975. The average Bonchev–Trinajstić information content (AvgIpc) is 2.85. The van der Waals surface area contributed by atoms with E-state index in [-0.39, 0.29) is 17.9 Å². The Labute approximate surface area is 135 Å². The summed E-state index contributed by atoms with van der Waals surface area (Å²) in [5, 5.41) is 5.92. The number of carbonyl (C=O) groups is 2. The fourth-order valence-electron chi connectivity index (χ4n) is 3.02. The molecule has 0 bridgehead atoms. The zero-order chi connectivity index (χ0) is 16.6. The van der Waals surface area contributed by atoms with Gasteiger partial charge in [0.15, 0.2) is 0 Å². The van der Waals surface area contributed by atoms with Crippen LogP contribution in [0.2, 0.25) is 0 Å². The first kappa shape index (κ1) is 15.3. The highest BCUT2D eigenvalue weighted by Gasteiger charge is 2.19. The molecule has 0 spiro atoms. The summed E-state index contributed by atoms with van der Waals surface area (Å²) in [5.74, 6) is -0.0145. The van der Waals surface area contributed by atoms with E-state index in [2.05, 4.69) is 16.7 Å². The lowest BCUT2D eigenvalue weighted by Crippen LogP contribution is -2.29. The molecule has 2 N–H and O–H groups in total. The van der Waals surface area contributed by atoms with Gasteiger partial charge in [-0.05, 0) is 49.1 Å². The van der Waals surface area contributed by atoms with Gasteiger partial charge >= 0.3 is 0 Å². The van der Waals surface area contributed by atoms with Crippen LogP contribution in [-0.2, 0) is 18.3 Å². The van der Waals surface area contributed by atoms with Crippen molar-refractivity contribution in [2.45, 2.75) is 32.7 Å². The quantitative estimate of drug-likeness (QED) is 0.915. The zero-order valence-electron chi connectivity index (χ0n) is 13.6. The van der Waals surface area contributed by atoms with Gasteiger partial charge < -0.3 is 15.2 Å². The summed E-state index contributed by atoms with van der Waals surface area (Å²) < 4.78 is 1.83. The molecule has 23 heavy (non-hydrogen) atoms. The van der Waals surface area contributed by atoms with Gasteiger partial charge in [-0.2, -0.15) is 0 Å². The summed E-state index contributed by atoms with van der Waals surface area (Å²) in [6.07, 6.45) is 3.14. The molecule has 2 amide bonds. The van der Waals surface area contributed by atoms with Crippen LogP contribution in [0.1, 0.15) is 46.6 Å². The van der Waals surface area contributed by atoms with E-state index >= 15 is 0 Å². The molecule has 0 saturated carbocycles. The van der Waals surface area contributed by atoms with Crippen LogP contribution in [0, 0.1) is 6.92 Å². The van der Waals surface area contributed by atoms with Crippen LogP contribution in [-0.4, -0.2) is 16.4 Å². The molecule has 5 heteroatoms. The van der Waals surface area contributed by atoms with Crippen LogP contribution in [0.4, 0.5) is 5.69 Å². The number of amides is 2. The third kappa shape index (κ3) is 2.99. The second-order valence-electron chi connectivity index (χ2n) is 6.12. The van der Waals surface area contributed by atoms with Crippen LogP contribution in [0.5, 0.6) is 0 Å². The lowest BCUT2D eigenvalue weighted by Gasteiger charge is -2.20. The maximum absolute atomic E-state index is 12.5. The number of hydrogen-bond acceptors (Lipinski definition) is 2. The summed E-state index contributed by atoms with van der Waals surface area (Å²) in [5.41, 5.74) is 4.69. The second kappa shape index (κ2) is 5.91. The average molecular weight is 311 g/mol. The Morgan fingerprint density at radius 3 is 2.78 bits per heavy atom. The highest BCUT2D eigenvalue weighted by molar-refractivity contribution is 5.95. The lowest BCUT2D eigenvalue weighted by atomic mass is 9.97. The molecule has 0 saturated heterocycles. The second-order valence-corrected chi connectivity index (χ2v) is 6.12. The number of aryl methyl sites for hydroxylation is 3. The number of hydrogen-bond donors (Lipinski definition) is 2. The normalized spacial score (nSPS) is 14.8. The summed E-state index contributed by atoms with van der Waals surface area (Å²) in [4.78, 5) is 23.9. The van der Waals surface area contributed by atoms with Crippen molar-refractivity contribution in [1.82, 2.24) is 9.88 Å². The predicted molar refractivity (Wildman–Crippen MR) is 89.4 cm³/mol. The van der Waals surface area contributed by atoms with Gasteiger partial charge in [-0.25, -0.2) is 0 Å². The third-order valence-corrected chi connectivity index (χ3v) is 4.36.